The monoisotopic (exact) mass is 448 g/mol. The summed E-state index contributed by atoms with van der Waals surface area (Å²) in [6.07, 6.45) is -8.09. The number of ether oxygens (including phenoxy) is 1. The topological polar surface area (TPSA) is 201 Å². The zero-order valence-electron chi connectivity index (χ0n) is 16.3. The van der Waals surface area contributed by atoms with Crippen molar-refractivity contribution in [3.05, 3.63) is 46.1 Å². The molecule has 8 N–H and O–H groups in total. The third-order valence-electron chi connectivity index (χ3n) is 5.45. The summed E-state index contributed by atoms with van der Waals surface area (Å²) in [6.45, 7) is -0.721. The highest BCUT2D eigenvalue weighted by molar-refractivity contribution is 5.88. The Balaban J connectivity index is 1.86. The fraction of sp³-hybridized carbons (Fsp3) is 0.286. The standard InChI is InChI=1S/C21H20O11/c22-6-14-17(27)19(29)20(30)21(32-14)16-11(26)5-13-15(18(16)28)10(25)4-12(31-13)7-1-2-8(23)9(24)3-7/h1-5,14,17,19-24,26-30H,6H2/t14?,17-,19-,20?,21+/m0/s1. The third kappa shape index (κ3) is 3.42. The van der Waals surface area contributed by atoms with E-state index in [1.54, 1.807) is 0 Å². The minimum atomic E-state index is -1.80. The Morgan fingerprint density at radius 3 is 2.22 bits per heavy atom. The Hall–Kier alpha value is -3.35. The van der Waals surface area contributed by atoms with E-state index in [-0.39, 0.29) is 28.0 Å². The van der Waals surface area contributed by atoms with Crippen LogP contribution in [0.3, 0.4) is 0 Å². The molecule has 2 heterocycles. The van der Waals surface area contributed by atoms with Crippen molar-refractivity contribution in [2.45, 2.75) is 30.5 Å². The van der Waals surface area contributed by atoms with Gasteiger partial charge in [-0.05, 0) is 18.2 Å². The summed E-state index contributed by atoms with van der Waals surface area (Å²) in [5, 5.41) is 79.6. The Morgan fingerprint density at radius 1 is 0.844 bits per heavy atom. The molecule has 0 amide bonds. The molecule has 2 unspecified atom stereocenters. The first-order valence-electron chi connectivity index (χ1n) is 9.49. The van der Waals surface area contributed by atoms with Crippen LogP contribution >= 0.6 is 0 Å². The van der Waals surface area contributed by atoms with Gasteiger partial charge >= 0.3 is 0 Å². The van der Waals surface area contributed by atoms with E-state index in [0.29, 0.717) is 0 Å². The van der Waals surface area contributed by atoms with Crippen molar-refractivity contribution in [3.8, 4) is 34.3 Å². The zero-order chi connectivity index (χ0) is 23.3. The van der Waals surface area contributed by atoms with Gasteiger partial charge in [0.15, 0.2) is 16.9 Å². The van der Waals surface area contributed by atoms with Gasteiger partial charge in [0.05, 0.1) is 12.2 Å². The van der Waals surface area contributed by atoms with Crippen molar-refractivity contribution in [3.63, 3.8) is 0 Å². The smallest absolute Gasteiger partial charge is 0.197 e. The number of hydrogen-bond acceptors (Lipinski definition) is 11. The van der Waals surface area contributed by atoms with Crippen LogP contribution in [0.25, 0.3) is 22.3 Å². The van der Waals surface area contributed by atoms with Crippen molar-refractivity contribution in [2.24, 2.45) is 0 Å². The summed E-state index contributed by atoms with van der Waals surface area (Å²) in [5.41, 5.74) is -1.17. The first kappa shape index (κ1) is 21.9. The van der Waals surface area contributed by atoms with E-state index in [1.165, 1.54) is 12.1 Å². The number of aliphatic hydroxyl groups excluding tert-OH is 4. The van der Waals surface area contributed by atoms with Gasteiger partial charge in [-0.25, -0.2) is 0 Å². The molecule has 0 radical (unpaired) electrons. The molecule has 1 aromatic heterocycles. The number of phenolic OH excluding ortho intramolecular Hbond substituents is 4. The van der Waals surface area contributed by atoms with Crippen molar-refractivity contribution >= 4 is 11.0 Å². The van der Waals surface area contributed by atoms with Crippen molar-refractivity contribution < 1.29 is 50.0 Å². The van der Waals surface area contributed by atoms with E-state index in [1.807, 2.05) is 0 Å². The van der Waals surface area contributed by atoms with Crippen LogP contribution in [0.4, 0.5) is 0 Å². The highest BCUT2D eigenvalue weighted by Crippen LogP contribution is 2.44. The summed E-state index contributed by atoms with van der Waals surface area (Å²) in [6, 6.07) is 5.73. The molecular weight excluding hydrogens is 428 g/mol. The van der Waals surface area contributed by atoms with Crippen LogP contribution in [0.5, 0.6) is 23.0 Å². The van der Waals surface area contributed by atoms with Gasteiger partial charge in [-0.1, -0.05) is 0 Å². The van der Waals surface area contributed by atoms with E-state index in [9.17, 15) is 45.6 Å². The lowest BCUT2D eigenvalue weighted by atomic mass is 9.89. The quantitative estimate of drug-likeness (QED) is 0.247. The van der Waals surface area contributed by atoms with Gasteiger partial charge in [0.25, 0.3) is 0 Å². The molecule has 0 aliphatic carbocycles. The molecule has 11 nitrogen and oxygen atoms in total. The fourth-order valence-corrected chi connectivity index (χ4v) is 3.74. The van der Waals surface area contributed by atoms with E-state index in [0.717, 1.165) is 18.2 Å². The normalized spacial score (nSPS) is 25.8. The highest BCUT2D eigenvalue weighted by Gasteiger charge is 2.46. The van der Waals surface area contributed by atoms with Gasteiger partial charge in [0, 0.05) is 17.7 Å². The Labute approximate surface area is 179 Å². The third-order valence-corrected chi connectivity index (χ3v) is 5.45. The summed E-state index contributed by atoms with van der Waals surface area (Å²) in [4.78, 5) is 12.8. The Kier molecular flexibility index (Phi) is 5.44. The van der Waals surface area contributed by atoms with E-state index >= 15 is 0 Å². The molecule has 1 aliphatic heterocycles. The van der Waals surface area contributed by atoms with E-state index in [4.69, 9.17) is 9.15 Å². The molecule has 1 fully saturated rings. The van der Waals surface area contributed by atoms with Gasteiger partial charge in [-0.2, -0.15) is 0 Å². The first-order chi connectivity index (χ1) is 15.1. The second kappa shape index (κ2) is 7.97. The average molecular weight is 448 g/mol. The molecule has 1 aliphatic rings. The predicted molar refractivity (Wildman–Crippen MR) is 107 cm³/mol. The zero-order valence-corrected chi connectivity index (χ0v) is 16.3. The second-order valence-corrected chi connectivity index (χ2v) is 7.46. The van der Waals surface area contributed by atoms with Crippen molar-refractivity contribution in [2.75, 3.05) is 6.61 Å². The maximum absolute atomic E-state index is 12.8. The maximum Gasteiger partial charge on any atom is 0.197 e. The largest absolute Gasteiger partial charge is 0.507 e. The second-order valence-electron chi connectivity index (χ2n) is 7.46. The molecule has 170 valence electrons. The summed E-state index contributed by atoms with van der Waals surface area (Å²) < 4.78 is 11.0. The lowest BCUT2D eigenvalue weighted by molar-refractivity contribution is -0.232. The summed E-state index contributed by atoms with van der Waals surface area (Å²) in [5.74, 6) is -2.28. The minimum Gasteiger partial charge on any atom is -0.507 e. The Morgan fingerprint density at radius 2 is 1.56 bits per heavy atom. The predicted octanol–water partition coefficient (Wildman–Crippen LogP) is -0.203. The minimum absolute atomic E-state index is 0.0304. The fourth-order valence-electron chi connectivity index (χ4n) is 3.74. The SMILES string of the molecule is O=c1cc(-c2ccc(O)c(O)c2)oc2cc(O)c([C@H]3OC(CO)[C@H](O)[C@H](O)C3O)c(O)c12. The molecule has 5 atom stereocenters. The van der Waals surface area contributed by atoms with Crippen molar-refractivity contribution in [1.82, 2.24) is 0 Å². The molecule has 2 aromatic carbocycles. The molecular formula is C21H20O11. The van der Waals surface area contributed by atoms with Crippen LogP contribution in [0.2, 0.25) is 0 Å². The van der Waals surface area contributed by atoms with Gasteiger partial charge in [0.2, 0.25) is 0 Å². The molecule has 11 heteroatoms. The molecule has 1 saturated heterocycles. The number of hydrogen-bond donors (Lipinski definition) is 8. The maximum atomic E-state index is 12.8. The van der Waals surface area contributed by atoms with Crippen LogP contribution in [0.1, 0.15) is 11.7 Å². The molecule has 4 rings (SSSR count). The van der Waals surface area contributed by atoms with Crippen molar-refractivity contribution in [1.29, 1.82) is 0 Å². The number of rotatable bonds is 3. The van der Waals surface area contributed by atoms with Crippen LogP contribution in [-0.4, -0.2) is 71.9 Å². The number of aliphatic hydroxyl groups is 4. The number of benzene rings is 2. The van der Waals surface area contributed by atoms with E-state index in [2.05, 4.69) is 0 Å². The highest BCUT2D eigenvalue weighted by atomic mass is 16.5. The van der Waals surface area contributed by atoms with Gasteiger partial charge in [-0.3, -0.25) is 4.79 Å². The molecule has 0 spiro atoms. The van der Waals surface area contributed by atoms with Gasteiger partial charge < -0.3 is 50.0 Å². The van der Waals surface area contributed by atoms with Gasteiger partial charge in [-0.15, -0.1) is 0 Å². The van der Waals surface area contributed by atoms with Crippen LogP contribution in [-0.2, 0) is 4.74 Å². The molecule has 3 aromatic rings. The lowest BCUT2D eigenvalue weighted by Crippen LogP contribution is -2.55. The summed E-state index contributed by atoms with van der Waals surface area (Å²) >= 11 is 0. The van der Waals surface area contributed by atoms with Crippen LogP contribution in [0, 0.1) is 0 Å². The summed E-state index contributed by atoms with van der Waals surface area (Å²) in [7, 11) is 0. The average Bonchev–Trinajstić information content (AvgIpc) is 2.74. The van der Waals surface area contributed by atoms with Crippen LogP contribution in [0.15, 0.2) is 39.5 Å². The Bertz CT molecular complexity index is 1230. The van der Waals surface area contributed by atoms with Crippen LogP contribution < -0.4 is 5.43 Å². The molecule has 0 saturated carbocycles. The van der Waals surface area contributed by atoms with Gasteiger partial charge in [0.1, 0.15) is 58.7 Å². The van der Waals surface area contributed by atoms with E-state index < -0.39 is 65.4 Å². The molecule has 0 bridgehead atoms. The number of fused-ring (bicyclic) bond motifs is 1. The first-order valence-corrected chi connectivity index (χ1v) is 9.49. The number of aromatic hydroxyl groups is 4. The molecule has 32 heavy (non-hydrogen) atoms. The number of phenols is 4. The lowest BCUT2D eigenvalue weighted by Gasteiger charge is -2.40.